The normalized spacial score (nSPS) is 30.0. The summed E-state index contributed by atoms with van der Waals surface area (Å²) in [7, 11) is 0. The first-order chi connectivity index (χ1) is 16.7. The molecule has 192 valence electrons. The lowest BCUT2D eigenvalue weighted by Gasteiger charge is -2.37. The quantitative estimate of drug-likeness (QED) is 0.498. The van der Waals surface area contributed by atoms with Crippen LogP contribution in [0.1, 0.15) is 57.6 Å². The van der Waals surface area contributed by atoms with Gasteiger partial charge >= 0.3 is 0 Å². The van der Waals surface area contributed by atoms with Crippen LogP contribution in [-0.2, 0) is 19.1 Å². The van der Waals surface area contributed by atoms with Crippen molar-refractivity contribution in [1.29, 1.82) is 0 Å². The van der Waals surface area contributed by atoms with E-state index in [1.807, 2.05) is 52.8 Å². The molecular weight excluding hydrogens is 446 g/mol. The summed E-state index contributed by atoms with van der Waals surface area (Å²) in [5.74, 6) is -1.91. The Morgan fingerprint density at radius 3 is 2.51 bits per heavy atom. The Morgan fingerprint density at radius 2 is 1.91 bits per heavy atom. The number of benzene rings is 1. The minimum absolute atomic E-state index is 0.183. The van der Waals surface area contributed by atoms with Crippen LogP contribution in [0.15, 0.2) is 18.2 Å². The van der Waals surface area contributed by atoms with E-state index in [9.17, 15) is 19.5 Å². The molecule has 8 nitrogen and oxygen atoms in total. The molecule has 2 bridgehead atoms. The summed E-state index contributed by atoms with van der Waals surface area (Å²) in [4.78, 5) is 42.7. The number of likely N-dealkylation sites (tertiary alicyclic amines) is 1. The number of aliphatic hydroxyl groups is 1. The van der Waals surface area contributed by atoms with E-state index in [0.717, 1.165) is 23.2 Å². The minimum atomic E-state index is -1.07. The monoisotopic (exact) mass is 485 g/mol. The molecule has 0 radical (unpaired) electrons. The summed E-state index contributed by atoms with van der Waals surface area (Å²) >= 11 is 0. The zero-order chi connectivity index (χ0) is 25.5. The molecule has 2 unspecified atom stereocenters. The van der Waals surface area contributed by atoms with Gasteiger partial charge in [0.25, 0.3) is 0 Å². The molecule has 1 aromatic rings. The molecule has 0 saturated carbocycles. The highest BCUT2D eigenvalue weighted by Gasteiger charge is 2.75. The van der Waals surface area contributed by atoms with Gasteiger partial charge in [-0.25, -0.2) is 0 Å². The molecule has 8 heteroatoms. The third kappa shape index (κ3) is 4.25. The zero-order valence-corrected chi connectivity index (χ0v) is 21.5. The second-order valence-corrected chi connectivity index (χ2v) is 10.8. The molecule has 0 aromatic heterocycles. The van der Waals surface area contributed by atoms with Crippen molar-refractivity contribution in [3.8, 4) is 0 Å². The number of aryl methyl sites for hydroxylation is 2. The molecule has 3 aliphatic rings. The van der Waals surface area contributed by atoms with Gasteiger partial charge in [0.15, 0.2) is 0 Å². The Bertz CT molecular complexity index is 975. The largest absolute Gasteiger partial charge is 0.394 e. The summed E-state index contributed by atoms with van der Waals surface area (Å²) in [6.07, 6.45) is 2.13. The highest BCUT2D eigenvalue weighted by Crippen LogP contribution is 2.59. The summed E-state index contributed by atoms with van der Waals surface area (Å²) < 4.78 is 6.46. The van der Waals surface area contributed by atoms with Crippen molar-refractivity contribution in [2.45, 2.75) is 84.1 Å². The first kappa shape index (κ1) is 25.6. The van der Waals surface area contributed by atoms with E-state index in [2.05, 4.69) is 10.6 Å². The second kappa shape index (κ2) is 9.90. The van der Waals surface area contributed by atoms with Gasteiger partial charge in [-0.2, -0.15) is 0 Å². The molecule has 3 N–H and O–H groups in total. The maximum Gasteiger partial charge on any atom is 0.250 e. The number of nitrogens with one attached hydrogen (secondary N) is 2. The molecule has 0 aliphatic carbocycles. The maximum absolute atomic E-state index is 14.0. The number of hydrogen-bond acceptors (Lipinski definition) is 5. The predicted molar refractivity (Wildman–Crippen MR) is 133 cm³/mol. The van der Waals surface area contributed by atoms with E-state index in [0.29, 0.717) is 25.8 Å². The Labute approximate surface area is 207 Å². The van der Waals surface area contributed by atoms with Crippen LogP contribution < -0.4 is 10.6 Å². The Morgan fingerprint density at radius 1 is 1.23 bits per heavy atom. The van der Waals surface area contributed by atoms with Crippen molar-refractivity contribution in [2.75, 3.05) is 18.5 Å². The van der Waals surface area contributed by atoms with Crippen LogP contribution in [0.25, 0.3) is 0 Å². The van der Waals surface area contributed by atoms with E-state index in [4.69, 9.17) is 4.74 Å². The first-order valence-electron chi connectivity index (χ1n) is 12.9. The molecule has 35 heavy (non-hydrogen) atoms. The lowest BCUT2D eigenvalue weighted by molar-refractivity contribution is -0.144. The van der Waals surface area contributed by atoms with Gasteiger partial charge in [0.05, 0.1) is 30.6 Å². The number of aliphatic hydroxyl groups excluding tert-OH is 1. The number of amides is 3. The molecule has 3 fully saturated rings. The van der Waals surface area contributed by atoms with E-state index in [1.165, 1.54) is 0 Å². The van der Waals surface area contributed by atoms with Crippen molar-refractivity contribution in [3.63, 3.8) is 0 Å². The average Bonchev–Trinajstić information content (AvgIpc) is 3.45. The van der Waals surface area contributed by atoms with Crippen LogP contribution >= 0.6 is 0 Å². The summed E-state index contributed by atoms with van der Waals surface area (Å²) in [5, 5.41) is 16.3. The third-order valence-corrected chi connectivity index (χ3v) is 7.92. The van der Waals surface area contributed by atoms with Gasteiger partial charge in [-0.05, 0) is 56.6 Å². The number of carbonyl (C=O) groups is 3. The van der Waals surface area contributed by atoms with E-state index >= 15 is 0 Å². The van der Waals surface area contributed by atoms with Crippen LogP contribution in [-0.4, -0.2) is 64.7 Å². The van der Waals surface area contributed by atoms with Crippen LogP contribution in [0.2, 0.25) is 0 Å². The number of rotatable bonds is 9. The van der Waals surface area contributed by atoms with Crippen molar-refractivity contribution in [3.05, 3.63) is 29.3 Å². The van der Waals surface area contributed by atoms with Crippen LogP contribution in [0.4, 0.5) is 5.69 Å². The molecular formula is C27H39N3O5. The fourth-order valence-electron chi connectivity index (χ4n) is 6.47. The van der Waals surface area contributed by atoms with Gasteiger partial charge in [-0.15, -0.1) is 0 Å². The third-order valence-electron chi connectivity index (χ3n) is 7.92. The number of para-hydroxylation sites is 1. The average molecular weight is 486 g/mol. The van der Waals surface area contributed by atoms with Gasteiger partial charge in [-0.1, -0.05) is 39.0 Å². The number of hydrogen-bond donors (Lipinski definition) is 3. The predicted octanol–water partition coefficient (Wildman–Crippen LogP) is 2.55. The van der Waals surface area contributed by atoms with Crippen LogP contribution in [0.3, 0.4) is 0 Å². The highest BCUT2D eigenvalue weighted by molar-refractivity contribution is 6.04. The maximum atomic E-state index is 14.0. The highest BCUT2D eigenvalue weighted by atomic mass is 16.5. The second-order valence-electron chi connectivity index (χ2n) is 10.8. The Hall–Kier alpha value is -2.45. The minimum Gasteiger partial charge on any atom is -0.394 e. The van der Waals surface area contributed by atoms with Crippen LogP contribution in [0, 0.1) is 31.6 Å². The fourth-order valence-corrected chi connectivity index (χ4v) is 6.47. The van der Waals surface area contributed by atoms with Crippen molar-refractivity contribution in [1.82, 2.24) is 10.2 Å². The summed E-state index contributed by atoms with van der Waals surface area (Å²) in [5.41, 5.74) is 1.51. The Kier molecular flexibility index (Phi) is 7.25. The van der Waals surface area contributed by atoms with E-state index < -0.39 is 29.5 Å². The number of ether oxygens (including phenoxy) is 1. The van der Waals surface area contributed by atoms with Gasteiger partial charge < -0.3 is 25.4 Å². The van der Waals surface area contributed by atoms with Gasteiger partial charge in [-0.3, -0.25) is 14.4 Å². The van der Waals surface area contributed by atoms with Crippen molar-refractivity contribution >= 4 is 23.4 Å². The lowest BCUT2D eigenvalue weighted by Crippen LogP contribution is -2.56. The number of fused-ring (bicyclic) bond motifs is 1. The van der Waals surface area contributed by atoms with Gasteiger partial charge in [0, 0.05) is 12.2 Å². The molecule has 1 aromatic carbocycles. The molecule has 3 amide bonds. The molecule has 6 atom stereocenters. The fraction of sp³-hybridized carbons (Fsp3) is 0.667. The van der Waals surface area contributed by atoms with Crippen LogP contribution in [0.5, 0.6) is 0 Å². The smallest absolute Gasteiger partial charge is 0.250 e. The van der Waals surface area contributed by atoms with Crippen molar-refractivity contribution in [2.24, 2.45) is 17.8 Å². The first-order valence-corrected chi connectivity index (χ1v) is 12.9. The molecule has 3 saturated heterocycles. The van der Waals surface area contributed by atoms with Gasteiger partial charge in [0.2, 0.25) is 17.7 Å². The van der Waals surface area contributed by atoms with E-state index in [-0.39, 0.29) is 36.4 Å². The molecule has 1 spiro atoms. The molecule has 3 aliphatic heterocycles. The standard InChI is InChI=1S/C27H39N3O5/c1-6-12-28-24(32)20-19-10-11-27(35-19)21(20)26(34)30(18(14-31)13-15(2)3)23(27)25(33)29-22-16(4)8-7-9-17(22)5/h7-9,15,18-21,23,31H,6,10-14H2,1-5H3,(H,28,32)(H,29,33)/t18-,19+,20-,21+,23?,27?/m1/s1. The van der Waals surface area contributed by atoms with Gasteiger partial charge in [0.1, 0.15) is 11.6 Å². The number of anilines is 1. The number of nitrogens with zero attached hydrogens (tertiary/aromatic N) is 1. The van der Waals surface area contributed by atoms with Crippen molar-refractivity contribution < 1.29 is 24.2 Å². The zero-order valence-electron chi connectivity index (χ0n) is 21.5. The SMILES string of the molecule is CCCNC(=O)[C@@H]1[C@@H]2CCC3(O2)C(C(=O)Nc2c(C)cccc2C)N([C@@H](CO)CC(C)C)C(=O)[C@H]13. The topological polar surface area (TPSA) is 108 Å². The Balaban J connectivity index is 1.75. The summed E-state index contributed by atoms with van der Waals surface area (Å²) in [6, 6.07) is 4.36. The molecule has 4 rings (SSSR count). The van der Waals surface area contributed by atoms with E-state index in [1.54, 1.807) is 4.90 Å². The lowest BCUT2D eigenvalue weighted by atomic mass is 9.70. The molecule has 3 heterocycles. The summed E-state index contributed by atoms with van der Waals surface area (Å²) in [6.45, 7) is 10.2. The number of carbonyl (C=O) groups excluding carboxylic acids is 3.